The van der Waals surface area contributed by atoms with Crippen LogP contribution in [0.25, 0.3) is 10.9 Å². The number of Topliss-reactive ketones (excluding diaryl/α,β-unsaturated/α-hetero) is 1. The highest BCUT2D eigenvalue weighted by Crippen LogP contribution is 2.25. The number of hydrogen-bond acceptors (Lipinski definition) is 4. The predicted octanol–water partition coefficient (Wildman–Crippen LogP) is 2.87. The number of amides is 1. The lowest BCUT2D eigenvalue weighted by Gasteiger charge is -2.07. The van der Waals surface area contributed by atoms with Gasteiger partial charge in [0, 0.05) is 16.6 Å². The molecule has 0 aliphatic carbocycles. The standard InChI is InChI=1S/C22H20N2O4/c1-15-20(16-9-3-4-10-17(16)24-15)21(25)22(26)23-13-7-8-14-28-19-12-6-5-11-18(19)27-2/h3-6,9-12,24H,13-14H2,1-2H3,(H,23,26). The van der Waals surface area contributed by atoms with Crippen LogP contribution in [0.3, 0.4) is 0 Å². The van der Waals surface area contributed by atoms with Gasteiger partial charge in [0.1, 0.15) is 6.61 Å². The number of carbonyl (C=O) groups excluding carboxylic acids is 2. The van der Waals surface area contributed by atoms with Gasteiger partial charge >= 0.3 is 0 Å². The number of fused-ring (bicyclic) bond motifs is 1. The lowest BCUT2D eigenvalue weighted by atomic mass is 10.1. The normalized spacial score (nSPS) is 10.1. The van der Waals surface area contributed by atoms with Crippen molar-refractivity contribution in [2.45, 2.75) is 6.92 Å². The quantitative estimate of drug-likeness (QED) is 0.394. The Kier molecular flexibility index (Phi) is 5.97. The van der Waals surface area contributed by atoms with Crippen LogP contribution in [0.5, 0.6) is 11.5 Å². The van der Waals surface area contributed by atoms with Crippen LogP contribution >= 0.6 is 0 Å². The van der Waals surface area contributed by atoms with Gasteiger partial charge in [-0.1, -0.05) is 42.2 Å². The molecule has 1 amide bonds. The van der Waals surface area contributed by atoms with Crippen LogP contribution in [0.4, 0.5) is 0 Å². The fraction of sp³-hybridized carbons (Fsp3) is 0.182. The number of rotatable bonds is 6. The monoisotopic (exact) mass is 376 g/mol. The van der Waals surface area contributed by atoms with Crippen LogP contribution in [-0.4, -0.2) is 36.9 Å². The molecule has 0 radical (unpaired) electrons. The molecule has 6 nitrogen and oxygen atoms in total. The first kappa shape index (κ1) is 19.1. The molecule has 6 heteroatoms. The highest BCUT2D eigenvalue weighted by atomic mass is 16.5. The smallest absolute Gasteiger partial charge is 0.293 e. The summed E-state index contributed by atoms with van der Waals surface area (Å²) in [7, 11) is 1.57. The number of ether oxygens (including phenoxy) is 2. The summed E-state index contributed by atoms with van der Waals surface area (Å²) in [5, 5.41) is 3.26. The van der Waals surface area contributed by atoms with E-state index in [4.69, 9.17) is 9.47 Å². The molecule has 0 atom stereocenters. The molecule has 0 spiro atoms. The van der Waals surface area contributed by atoms with E-state index in [1.807, 2.05) is 36.4 Å². The van der Waals surface area contributed by atoms with E-state index in [0.29, 0.717) is 22.8 Å². The number of aromatic amines is 1. The average Bonchev–Trinajstić information content (AvgIpc) is 3.05. The molecule has 28 heavy (non-hydrogen) atoms. The first-order chi connectivity index (χ1) is 13.6. The Bertz CT molecular complexity index is 1070. The van der Waals surface area contributed by atoms with Gasteiger partial charge in [0.05, 0.1) is 19.2 Å². The summed E-state index contributed by atoms with van der Waals surface area (Å²) in [6, 6.07) is 14.6. The van der Waals surface area contributed by atoms with Gasteiger partial charge in [-0.05, 0) is 25.1 Å². The Morgan fingerprint density at radius 3 is 2.54 bits per heavy atom. The lowest BCUT2D eigenvalue weighted by molar-refractivity contribution is -0.116. The topological polar surface area (TPSA) is 80.4 Å². The predicted molar refractivity (Wildman–Crippen MR) is 107 cm³/mol. The zero-order valence-corrected chi connectivity index (χ0v) is 15.7. The van der Waals surface area contributed by atoms with Gasteiger partial charge in [-0.15, -0.1) is 0 Å². The number of benzene rings is 2. The number of hydrogen-bond donors (Lipinski definition) is 2. The van der Waals surface area contributed by atoms with Gasteiger partial charge in [-0.3, -0.25) is 9.59 Å². The van der Waals surface area contributed by atoms with Crippen molar-refractivity contribution < 1.29 is 19.1 Å². The summed E-state index contributed by atoms with van der Waals surface area (Å²) in [5.41, 5.74) is 1.88. The minimum atomic E-state index is -0.687. The second-order valence-corrected chi connectivity index (χ2v) is 5.98. The van der Waals surface area contributed by atoms with Crippen molar-refractivity contribution in [2.75, 3.05) is 20.3 Å². The minimum absolute atomic E-state index is 0.0568. The first-order valence-electron chi connectivity index (χ1n) is 8.73. The van der Waals surface area contributed by atoms with Crippen molar-refractivity contribution >= 4 is 22.6 Å². The number of H-pyrrole nitrogens is 1. The SMILES string of the molecule is COc1ccccc1OCC#CCNC(=O)C(=O)c1c(C)[nH]c2ccccc12. The van der Waals surface area contributed by atoms with E-state index in [9.17, 15) is 9.59 Å². The molecule has 1 heterocycles. The van der Waals surface area contributed by atoms with E-state index in [-0.39, 0.29) is 13.2 Å². The maximum absolute atomic E-state index is 12.5. The molecule has 3 rings (SSSR count). The fourth-order valence-electron chi connectivity index (χ4n) is 2.85. The molecule has 0 bridgehead atoms. The summed E-state index contributed by atoms with van der Waals surface area (Å²) in [5.74, 6) is 5.51. The fourth-order valence-corrected chi connectivity index (χ4v) is 2.85. The summed E-state index contributed by atoms with van der Waals surface area (Å²) in [6.07, 6.45) is 0. The molecule has 1 aromatic heterocycles. The highest BCUT2D eigenvalue weighted by molar-refractivity contribution is 6.45. The highest BCUT2D eigenvalue weighted by Gasteiger charge is 2.21. The molecule has 0 saturated heterocycles. The zero-order valence-electron chi connectivity index (χ0n) is 15.7. The van der Waals surface area contributed by atoms with Crippen LogP contribution in [-0.2, 0) is 4.79 Å². The van der Waals surface area contributed by atoms with Gasteiger partial charge in [-0.25, -0.2) is 0 Å². The second kappa shape index (κ2) is 8.78. The second-order valence-electron chi connectivity index (χ2n) is 5.98. The molecule has 2 aromatic carbocycles. The van der Waals surface area contributed by atoms with Crippen molar-refractivity contribution in [1.82, 2.24) is 10.3 Å². The van der Waals surface area contributed by atoms with Crippen LogP contribution in [0.2, 0.25) is 0 Å². The number of nitrogens with one attached hydrogen (secondary N) is 2. The van der Waals surface area contributed by atoms with Gasteiger partial charge in [0.25, 0.3) is 11.7 Å². The third kappa shape index (κ3) is 4.15. The van der Waals surface area contributed by atoms with Gasteiger partial charge in [0.2, 0.25) is 0 Å². The molecule has 0 fully saturated rings. The molecule has 2 N–H and O–H groups in total. The number of methoxy groups -OCH3 is 1. The Balaban J connectivity index is 1.54. The molecular weight excluding hydrogens is 356 g/mol. The zero-order chi connectivity index (χ0) is 19.9. The van der Waals surface area contributed by atoms with Gasteiger partial charge in [0.15, 0.2) is 11.5 Å². The third-order valence-corrected chi connectivity index (χ3v) is 4.16. The summed E-state index contributed by atoms with van der Waals surface area (Å²) in [6.45, 7) is 1.97. The van der Waals surface area contributed by atoms with E-state index >= 15 is 0 Å². The minimum Gasteiger partial charge on any atom is -0.493 e. The van der Waals surface area contributed by atoms with Crippen LogP contribution in [0, 0.1) is 18.8 Å². The molecule has 0 aliphatic heterocycles. The number of para-hydroxylation sites is 3. The van der Waals surface area contributed by atoms with E-state index < -0.39 is 11.7 Å². The van der Waals surface area contributed by atoms with Crippen molar-refractivity contribution in [3.63, 3.8) is 0 Å². The number of carbonyl (C=O) groups is 2. The van der Waals surface area contributed by atoms with E-state index in [2.05, 4.69) is 22.1 Å². The third-order valence-electron chi connectivity index (χ3n) is 4.16. The molecule has 0 saturated carbocycles. The Labute approximate surface area is 162 Å². The average molecular weight is 376 g/mol. The van der Waals surface area contributed by atoms with Gasteiger partial charge < -0.3 is 19.8 Å². The maximum Gasteiger partial charge on any atom is 0.293 e. The Hall–Kier alpha value is -3.72. The Morgan fingerprint density at radius 2 is 1.75 bits per heavy atom. The summed E-state index contributed by atoms with van der Waals surface area (Å²) in [4.78, 5) is 27.8. The first-order valence-corrected chi connectivity index (χ1v) is 8.73. The van der Waals surface area contributed by atoms with Crippen LogP contribution in [0.15, 0.2) is 48.5 Å². The molecule has 3 aromatic rings. The summed E-state index contributed by atoms with van der Waals surface area (Å²) >= 11 is 0. The van der Waals surface area contributed by atoms with E-state index in [1.165, 1.54) is 0 Å². The number of ketones is 1. The molecule has 142 valence electrons. The molecule has 0 aliphatic rings. The van der Waals surface area contributed by atoms with Crippen LogP contribution < -0.4 is 14.8 Å². The van der Waals surface area contributed by atoms with Crippen LogP contribution in [0.1, 0.15) is 16.1 Å². The number of aryl methyl sites for hydroxylation is 1. The van der Waals surface area contributed by atoms with Crippen molar-refractivity contribution in [3.8, 4) is 23.3 Å². The molecule has 0 unspecified atom stereocenters. The number of aromatic nitrogens is 1. The van der Waals surface area contributed by atoms with Crippen molar-refractivity contribution in [2.24, 2.45) is 0 Å². The largest absolute Gasteiger partial charge is 0.493 e. The van der Waals surface area contributed by atoms with E-state index in [1.54, 1.807) is 26.2 Å². The van der Waals surface area contributed by atoms with Crippen molar-refractivity contribution in [1.29, 1.82) is 0 Å². The molecular formula is C22H20N2O4. The lowest BCUT2D eigenvalue weighted by Crippen LogP contribution is -2.31. The van der Waals surface area contributed by atoms with Gasteiger partial charge in [-0.2, -0.15) is 0 Å². The van der Waals surface area contributed by atoms with Crippen molar-refractivity contribution in [3.05, 3.63) is 59.8 Å². The van der Waals surface area contributed by atoms with E-state index in [0.717, 1.165) is 10.9 Å². The Morgan fingerprint density at radius 1 is 1.04 bits per heavy atom. The summed E-state index contributed by atoms with van der Waals surface area (Å²) < 4.78 is 10.7. The maximum atomic E-state index is 12.5.